The topological polar surface area (TPSA) is 141 Å². The number of nitrogens with two attached hydrogens (primary N) is 2. The highest BCUT2D eigenvalue weighted by molar-refractivity contribution is 5.87. The largest absolute Gasteiger partial charge is 0.441 e. The molecule has 2 aromatic heterocycles. The van der Waals surface area contributed by atoms with E-state index in [1.54, 1.807) is 18.2 Å². The Morgan fingerprint density at radius 1 is 1.31 bits per heavy atom. The molecule has 9 nitrogen and oxygen atoms in total. The number of hydrogen-bond donors (Lipinski definition) is 3. The molecule has 138 valence electrons. The van der Waals surface area contributed by atoms with Crippen molar-refractivity contribution >= 4 is 18.0 Å². The monoisotopic (exact) mass is 365 g/mol. The van der Waals surface area contributed by atoms with Gasteiger partial charge in [0.05, 0.1) is 17.9 Å². The van der Waals surface area contributed by atoms with Gasteiger partial charge in [0.15, 0.2) is 5.96 Å². The van der Waals surface area contributed by atoms with Crippen molar-refractivity contribution in [3.05, 3.63) is 36.3 Å². The molecular weight excluding hydrogens is 348 g/mol. The fourth-order valence-electron chi connectivity index (χ4n) is 1.78. The average molecular weight is 365 g/mol. The number of aromatic nitrogens is 3. The second-order valence-electron chi connectivity index (χ2n) is 5.32. The standard InChI is InChI=1S/C15H17F2N7O2/c1-15(16,17)8-22-13-20-5-9(6-21-13)11-4-2-3-10(23-11)7-26-14(25)24-12(18)19/h2-6H,7-8H2,1H3,(H,20,21,22)(H4,18,19,24,25). The van der Waals surface area contributed by atoms with Gasteiger partial charge in [-0.2, -0.15) is 0 Å². The Morgan fingerprint density at radius 3 is 2.62 bits per heavy atom. The van der Waals surface area contributed by atoms with Crippen molar-refractivity contribution in [1.82, 2.24) is 15.0 Å². The van der Waals surface area contributed by atoms with E-state index in [2.05, 4.69) is 25.3 Å². The number of halogens is 2. The van der Waals surface area contributed by atoms with Gasteiger partial charge in [-0.3, -0.25) is 0 Å². The lowest BCUT2D eigenvalue weighted by molar-refractivity contribution is 0.0366. The van der Waals surface area contributed by atoms with E-state index >= 15 is 0 Å². The molecule has 0 aliphatic rings. The first-order chi connectivity index (χ1) is 12.2. The van der Waals surface area contributed by atoms with Crippen LogP contribution in [0, 0.1) is 0 Å². The third-order valence-corrected chi connectivity index (χ3v) is 2.88. The van der Waals surface area contributed by atoms with Gasteiger partial charge in [0.25, 0.3) is 5.92 Å². The highest BCUT2D eigenvalue weighted by Crippen LogP contribution is 2.17. The van der Waals surface area contributed by atoms with Gasteiger partial charge in [-0.25, -0.2) is 28.5 Å². The summed E-state index contributed by atoms with van der Waals surface area (Å²) in [5.41, 5.74) is 11.7. The van der Waals surface area contributed by atoms with Crippen LogP contribution in [-0.4, -0.2) is 39.5 Å². The summed E-state index contributed by atoms with van der Waals surface area (Å²) in [5.74, 6) is -3.19. The van der Waals surface area contributed by atoms with Gasteiger partial charge in [-0.05, 0) is 12.1 Å². The molecule has 11 heteroatoms. The van der Waals surface area contributed by atoms with Crippen LogP contribution in [0.3, 0.4) is 0 Å². The van der Waals surface area contributed by atoms with Gasteiger partial charge in [-0.15, -0.1) is 4.99 Å². The second kappa shape index (κ2) is 8.14. The third-order valence-electron chi connectivity index (χ3n) is 2.88. The predicted octanol–water partition coefficient (Wildman–Crippen LogP) is 1.52. The second-order valence-corrected chi connectivity index (χ2v) is 5.32. The molecule has 0 aromatic carbocycles. The van der Waals surface area contributed by atoms with E-state index in [1.165, 1.54) is 12.4 Å². The predicted molar refractivity (Wildman–Crippen MR) is 90.4 cm³/mol. The molecular formula is C15H17F2N7O2. The smallest absolute Gasteiger partial charge is 0.437 e. The summed E-state index contributed by atoms with van der Waals surface area (Å²) >= 11 is 0. The van der Waals surface area contributed by atoms with Gasteiger partial charge in [0.2, 0.25) is 5.95 Å². The van der Waals surface area contributed by atoms with Gasteiger partial charge in [0, 0.05) is 24.9 Å². The van der Waals surface area contributed by atoms with E-state index in [-0.39, 0.29) is 12.6 Å². The number of pyridine rings is 1. The first-order valence-corrected chi connectivity index (χ1v) is 7.39. The summed E-state index contributed by atoms with van der Waals surface area (Å²) in [5, 5.41) is 2.44. The van der Waals surface area contributed by atoms with E-state index in [9.17, 15) is 13.6 Å². The Labute approximate surface area is 147 Å². The summed E-state index contributed by atoms with van der Waals surface area (Å²) in [6, 6.07) is 5.05. The average Bonchev–Trinajstić information content (AvgIpc) is 2.58. The number of nitrogens with zero attached hydrogens (tertiary/aromatic N) is 4. The zero-order valence-corrected chi connectivity index (χ0v) is 13.8. The maximum Gasteiger partial charge on any atom is 0.437 e. The Kier molecular flexibility index (Phi) is 5.94. The molecule has 0 unspecified atom stereocenters. The number of guanidine groups is 1. The zero-order valence-electron chi connectivity index (χ0n) is 13.8. The summed E-state index contributed by atoms with van der Waals surface area (Å²) < 4.78 is 30.5. The van der Waals surface area contributed by atoms with Crippen LogP contribution >= 0.6 is 0 Å². The molecule has 0 saturated carbocycles. The van der Waals surface area contributed by atoms with Crippen molar-refractivity contribution in [1.29, 1.82) is 0 Å². The Balaban J connectivity index is 2.03. The number of alkyl halides is 2. The van der Waals surface area contributed by atoms with Crippen LogP contribution in [0.4, 0.5) is 19.5 Å². The number of aliphatic imine (C=N–C) groups is 1. The molecule has 0 bridgehead atoms. The number of ether oxygens (including phenoxy) is 1. The molecule has 0 aliphatic heterocycles. The molecule has 0 saturated heterocycles. The summed E-state index contributed by atoms with van der Waals surface area (Å²) in [6.45, 7) is 0.0978. The number of nitrogens with one attached hydrogen (secondary N) is 1. The Hall–Kier alpha value is -3.37. The lowest BCUT2D eigenvalue weighted by Crippen LogP contribution is -2.24. The summed E-state index contributed by atoms with van der Waals surface area (Å²) in [6.07, 6.45) is 1.96. The van der Waals surface area contributed by atoms with Crippen molar-refractivity contribution in [3.8, 4) is 11.3 Å². The molecule has 26 heavy (non-hydrogen) atoms. The number of amides is 1. The van der Waals surface area contributed by atoms with E-state index in [1.807, 2.05) is 0 Å². The molecule has 5 N–H and O–H groups in total. The minimum Gasteiger partial charge on any atom is -0.441 e. The van der Waals surface area contributed by atoms with Gasteiger partial charge < -0.3 is 21.5 Å². The molecule has 0 aliphatic carbocycles. The molecule has 0 fully saturated rings. The maximum absolute atomic E-state index is 12.8. The van der Waals surface area contributed by atoms with E-state index in [0.717, 1.165) is 6.92 Å². The molecule has 2 aromatic rings. The molecule has 2 rings (SSSR count). The number of hydrogen-bond acceptors (Lipinski definition) is 6. The third kappa shape index (κ3) is 6.26. The lowest BCUT2D eigenvalue weighted by Gasteiger charge is -2.11. The van der Waals surface area contributed by atoms with E-state index in [4.69, 9.17) is 16.2 Å². The number of anilines is 1. The minimum absolute atomic E-state index is 0.0811. The minimum atomic E-state index is -2.87. The van der Waals surface area contributed by atoms with E-state index < -0.39 is 24.5 Å². The quantitative estimate of drug-likeness (QED) is 0.517. The molecule has 0 spiro atoms. The Morgan fingerprint density at radius 2 is 2.00 bits per heavy atom. The fraction of sp³-hybridized carbons (Fsp3) is 0.267. The molecule has 0 radical (unpaired) electrons. The normalized spacial score (nSPS) is 10.9. The van der Waals surface area contributed by atoms with Crippen LogP contribution in [0.5, 0.6) is 0 Å². The van der Waals surface area contributed by atoms with Crippen molar-refractivity contribution in [2.24, 2.45) is 16.5 Å². The number of carbonyl (C=O) groups excluding carboxylic acids is 1. The first kappa shape index (κ1) is 19.0. The van der Waals surface area contributed by atoms with Crippen LogP contribution in [0.15, 0.2) is 35.6 Å². The zero-order chi connectivity index (χ0) is 19.2. The van der Waals surface area contributed by atoms with Crippen LogP contribution in [0.25, 0.3) is 11.3 Å². The number of rotatable bonds is 6. The molecule has 0 atom stereocenters. The SMILES string of the molecule is CC(F)(F)CNc1ncc(-c2cccc(COC(=O)N=C(N)N)n2)cn1. The highest BCUT2D eigenvalue weighted by Gasteiger charge is 2.20. The van der Waals surface area contributed by atoms with E-state index in [0.29, 0.717) is 17.0 Å². The Bertz CT molecular complexity index is 787. The summed E-state index contributed by atoms with van der Waals surface area (Å²) in [7, 11) is 0. The van der Waals surface area contributed by atoms with Crippen molar-refractivity contribution in [3.63, 3.8) is 0 Å². The summed E-state index contributed by atoms with van der Waals surface area (Å²) in [4.78, 5) is 26.7. The van der Waals surface area contributed by atoms with Crippen LogP contribution in [-0.2, 0) is 11.3 Å². The van der Waals surface area contributed by atoms with Gasteiger partial charge in [-0.1, -0.05) is 6.07 Å². The molecule has 2 heterocycles. The van der Waals surface area contributed by atoms with Gasteiger partial charge >= 0.3 is 6.09 Å². The maximum atomic E-state index is 12.8. The first-order valence-electron chi connectivity index (χ1n) is 7.39. The fourth-order valence-corrected chi connectivity index (χ4v) is 1.78. The van der Waals surface area contributed by atoms with Crippen molar-refractivity contribution < 1.29 is 18.3 Å². The molecule has 1 amide bonds. The van der Waals surface area contributed by atoms with Crippen LogP contribution < -0.4 is 16.8 Å². The number of carbonyl (C=O) groups is 1. The van der Waals surface area contributed by atoms with Crippen LogP contribution in [0.1, 0.15) is 12.6 Å². The lowest BCUT2D eigenvalue weighted by atomic mass is 10.2. The highest BCUT2D eigenvalue weighted by atomic mass is 19.3. The van der Waals surface area contributed by atoms with Gasteiger partial charge in [0.1, 0.15) is 6.61 Å². The van der Waals surface area contributed by atoms with Crippen molar-refractivity contribution in [2.75, 3.05) is 11.9 Å². The van der Waals surface area contributed by atoms with Crippen molar-refractivity contribution in [2.45, 2.75) is 19.5 Å². The van der Waals surface area contributed by atoms with Crippen LogP contribution in [0.2, 0.25) is 0 Å².